The van der Waals surface area contributed by atoms with Crippen LogP contribution >= 0.6 is 0 Å². The molecule has 0 aromatic carbocycles. The van der Waals surface area contributed by atoms with Crippen molar-refractivity contribution < 1.29 is 4.79 Å². The lowest BCUT2D eigenvalue weighted by molar-refractivity contribution is 0.0764. The molecule has 5 heteroatoms. The van der Waals surface area contributed by atoms with Crippen LogP contribution in [0.2, 0.25) is 0 Å². The van der Waals surface area contributed by atoms with E-state index in [0.717, 1.165) is 12.8 Å². The number of rotatable bonds is 1. The molecule has 15 heavy (non-hydrogen) atoms. The van der Waals surface area contributed by atoms with E-state index in [0.29, 0.717) is 12.1 Å². The van der Waals surface area contributed by atoms with E-state index in [1.807, 2.05) is 0 Å². The molecule has 1 amide bonds. The summed E-state index contributed by atoms with van der Waals surface area (Å²) in [6.45, 7) is 0.652. The van der Waals surface area contributed by atoms with Gasteiger partial charge in [0.05, 0.1) is 24.0 Å². The molecule has 2 heterocycles. The molecule has 1 unspecified atom stereocenters. The summed E-state index contributed by atoms with van der Waals surface area (Å²) >= 11 is 0. The highest BCUT2D eigenvalue weighted by Crippen LogP contribution is 2.18. The van der Waals surface area contributed by atoms with Gasteiger partial charge in [0, 0.05) is 6.54 Å². The van der Waals surface area contributed by atoms with E-state index < -0.39 is 0 Å². The molecule has 1 saturated heterocycles. The number of carbonyl (C=O) groups is 1. The van der Waals surface area contributed by atoms with Gasteiger partial charge in [0.1, 0.15) is 6.04 Å². The van der Waals surface area contributed by atoms with Crippen molar-refractivity contribution in [1.29, 1.82) is 5.26 Å². The third-order valence-corrected chi connectivity index (χ3v) is 2.49. The van der Waals surface area contributed by atoms with Gasteiger partial charge in [-0.2, -0.15) is 15.5 Å². The molecule has 1 aliphatic rings. The van der Waals surface area contributed by atoms with Gasteiger partial charge < -0.3 is 4.90 Å². The Balaban J connectivity index is 2.19. The van der Waals surface area contributed by atoms with Crippen LogP contribution in [0.15, 0.2) is 18.5 Å². The van der Waals surface area contributed by atoms with Crippen LogP contribution in [0.4, 0.5) is 0 Å². The minimum absolute atomic E-state index is 0.131. The van der Waals surface area contributed by atoms with E-state index in [1.54, 1.807) is 11.0 Å². The molecule has 0 spiro atoms. The molecule has 1 aromatic rings. The predicted octanol–water partition coefficient (Wildman–Crippen LogP) is 0.605. The molecule has 0 N–H and O–H groups in total. The van der Waals surface area contributed by atoms with Gasteiger partial charge in [-0.05, 0) is 18.9 Å². The second kappa shape index (κ2) is 4.05. The fourth-order valence-corrected chi connectivity index (χ4v) is 1.73. The quantitative estimate of drug-likeness (QED) is 0.668. The monoisotopic (exact) mass is 202 g/mol. The third kappa shape index (κ3) is 1.79. The van der Waals surface area contributed by atoms with Gasteiger partial charge in [0.15, 0.2) is 0 Å². The molecule has 0 aliphatic carbocycles. The summed E-state index contributed by atoms with van der Waals surface area (Å²) in [7, 11) is 0. The second-order valence-corrected chi connectivity index (χ2v) is 3.42. The number of amides is 1. The fraction of sp³-hybridized carbons (Fsp3) is 0.400. The number of nitriles is 1. The lowest BCUT2D eigenvalue weighted by atomic mass is 10.2. The van der Waals surface area contributed by atoms with Crippen molar-refractivity contribution in [2.75, 3.05) is 6.54 Å². The number of likely N-dealkylation sites (tertiary alicyclic amines) is 1. The molecule has 0 bridgehead atoms. The average Bonchev–Trinajstić information content (AvgIpc) is 2.77. The van der Waals surface area contributed by atoms with Crippen molar-refractivity contribution in [1.82, 2.24) is 15.1 Å². The van der Waals surface area contributed by atoms with Crippen molar-refractivity contribution in [2.24, 2.45) is 0 Å². The summed E-state index contributed by atoms with van der Waals surface area (Å²) in [5, 5.41) is 16.1. The van der Waals surface area contributed by atoms with Crippen molar-refractivity contribution >= 4 is 5.91 Å². The van der Waals surface area contributed by atoms with Crippen LogP contribution in [0.1, 0.15) is 23.2 Å². The standard InChI is InChI=1S/C10H10N4O/c11-6-9-2-1-5-14(9)10(15)8-3-4-12-13-7-8/h3-4,7,9H,1-2,5H2. The van der Waals surface area contributed by atoms with Gasteiger partial charge in [-0.25, -0.2) is 0 Å². The first kappa shape index (κ1) is 9.59. The highest BCUT2D eigenvalue weighted by atomic mass is 16.2. The highest BCUT2D eigenvalue weighted by molar-refractivity contribution is 5.94. The topological polar surface area (TPSA) is 69.9 Å². The largest absolute Gasteiger partial charge is 0.323 e. The Labute approximate surface area is 87.3 Å². The van der Waals surface area contributed by atoms with Crippen molar-refractivity contribution in [3.63, 3.8) is 0 Å². The lowest BCUT2D eigenvalue weighted by Gasteiger charge is -2.18. The molecule has 0 radical (unpaired) electrons. The molecule has 1 aromatic heterocycles. The van der Waals surface area contributed by atoms with Gasteiger partial charge in [-0.1, -0.05) is 0 Å². The van der Waals surface area contributed by atoms with Crippen LogP contribution in [0, 0.1) is 11.3 Å². The van der Waals surface area contributed by atoms with Gasteiger partial charge in [-0.3, -0.25) is 4.79 Å². The fourth-order valence-electron chi connectivity index (χ4n) is 1.73. The Bertz CT molecular complexity index is 398. The molecule has 2 rings (SSSR count). The normalized spacial score (nSPS) is 19.9. The van der Waals surface area contributed by atoms with E-state index in [4.69, 9.17) is 5.26 Å². The second-order valence-electron chi connectivity index (χ2n) is 3.42. The maximum atomic E-state index is 11.9. The van der Waals surface area contributed by atoms with E-state index in [2.05, 4.69) is 16.3 Å². The molecule has 76 valence electrons. The van der Waals surface area contributed by atoms with Crippen LogP contribution in [-0.4, -0.2) is 33.6 Å². The maximum Gasteiger partial charge on any atom is 0.256 e. The number of aromatic nitrogens is 2. The van der Waals surface area contributed by atoms with E-state index in [-0.39, 0.29) is 11.9 Å². The maximum absolute atomic E-state index is 11.9. The van der Waals surface area contributed by atoms with Crippen LogP contribution in [0.3, 0.4) is 0 Å². The van der Waals surface area contributed by atoms with Crippen molar-refractivity contribution in [3.8, 4) is 6.07 Å². The lowest BCUT2D eigenvalue weighted by Crippen LogP contribution is -2.34. The summed E-state index contributed by atoms with van der Waals surface area (Å²) < 4.78 is 0. The summed E-state index contributed by atoms with van der Waals surface area (Å²) in [5.41, 5.74) is 0.493. The van der Waals surface area contributed by atoms with E-state index in [9.17, 15) is 4.79 Å². The number of hydrogen-bond acceptors (Lipinski definition) is 4. The Kier molecular flexibility index (Phi) is 2.59. The smallest absolute Gasteiger partial charge is 0.256 e. The molecule has 1 atom stereocenters. The SMILES string of the molecule is N#CC1CCCN1C(=O)c1ccnnc1. The molecule has 0 saturated carbocycles. The Morgan fingerprint density at radius 3 is 3.13 bits per heavy atom. The van der Waals surface area contributed by atoms with Gasteiger partial charge >= 0.3 is 0 Å². The summed E-state index contributed by atoms with van der Waals surface area (Å²) in [5.74, 6) is -0.131. The van der Waals surface area contributed by atoms with Crippen molar-refractivity contribution in [3.05, 3.63) is 24.0 Å². The van der Waals surface area contributed by atoms with Crippen LogP contribution in [0.25, 0.3) is 0 Å². The predicted molar refractivity (Wildman–Crippen MR) is 51.7 cm³/mol. The Hall–Kier alpha value is -1.96. The summed E-state index contributed by atoms with van der Waals surface area (Å²) in [4.78, 5) is 13.5. The first-order chi connectivity index (χ1) is 7.33. The minimum Gasteiger partial charge on any atom is -0.323 e. The summed E-state index contributed by atoms with van der Waals surface area (Å²) in [6.07, 6.45) is 4.56. The first-order valence-corrected chi connectivity index (χ1v) is 4.80. The third-order valence-electron chi connectivity index (χ3n) is 2.49. The van der Waals surface area contributed by atoms with Gasteiger partial charge in [0.25, 0.3) is 5.91 Å². The van der Waals surface area contributed by atoms with Crippen LogP contribution in [-0.2, 0) is 0 Å². The Morgan fingerprint density at radius 1 is 1.60 bits per heavy atom. The molecule has 1 fully saturated rings. The van der Waals surface area contributed by atoms with E-state index in [1.165, 1.54) is 12.4 Å². The van der Waals surface area contributed by atoms with Gasteiger partial charge in [-0.15, -0.1) is 0 Å². The molecule has 5 nitrogen and oxygen atoms in total. The zero-order valence-corrected chi connectivity index (χ0v) is 8.13. The van der Waals surface area contributed by atoms with Gasteiger partial charge in [0.2, 0.25) is 0 Å². The first-order valence-electron chi connectivity index (χ1n) is 4.80. The zero-order chi connectivity index (χ0) is 10.7. The van der Waals surface area contributed by atoms with Crippen LogP contribution in [0.5, 0.6) is 0 Å². The number of carbonyl (C=O) groups excluding carboxylic acids is 1. The summed E-state index contributed by atoms with van der Waals surface area (Å²) in [6, 6.07) is 3.46. The average molecular weight is 202 g/mol. The van der Waals surface area contributed by atoms with E-state index >= 15 is 0 Å². The molecular weight excluding hydrogens is 192 g/mol. The van der Waals surface area contributed by atoms with Crippen molar-refractivity contribution in [2.45, 2.75) is 18.9 Å². The minimum atomic E-state index is -0.286. The molecular formula is C10H10N4O. The highest BCUT2D eigenvalue weighted by Gasteiger charge is 2.29. The Morgan fingerprint density at radius 2 is 2.47 bits per heavy atom. The zero-order valence-electron chi connectivity index (χ0n) is 8.13. The molecule has 1 aliphatic heterocycles. The number of hydrogen-bond donors (Lipinski definition) is 0. The van der Waals surface area contributed by atoms with Crippen LogP contribution < -0.4 is 0 Å². The number of nitrogens with zero attached hydrogens (tertiary/aromatic N) is 4.